The monoisotopic (exact) mass is 398 g/mol. The Labute approximate surface area is 104 Å². The Morgan fingerprint density at radius 1 is 0.938 bits per heavy atom. The van der Waals surface area contributed by atoms with E-state index in [2.05, 4.69) is 60.8 Å². The van der Waals surface area contributed by atoms with E-state index in [0.717, 1.165) is 0 Å². The van der Waals surface area contributed by atoms with E-state index in [1.165, 1.54) is 12.8 Å². The van der Waals surface area contributed by atoms with E-state index in [4.69, 9.17) is 0 Å². The van der Waals surface area contributed by atoms with Gasteiger partial charge in [-0.3, -0.25) is 0 Å². The Morgan fingerprint density at radius 2 is 1.38 bits per heavy atom. The molecule has 2 rings (SSSR count). The van der Waals surface area contributed by atoms with Gasteiger partial charge in [-0.15, -0.1) is 0 Å². The molecule has 2 aliphatic carbocycles. The average molecular weight is 397 g/mol. The molecule has 0 saturated heterocycles. The zero-order valence-electron chi connectivity index (χ0n) is 10.9. The molecular formula is C14H22HfSi. The standard InChI is InChI=1S/2C5H5.C3H9Si.CH3.Hf/c2*1-2-4-5-3-1;1-4(2)3;;/h2*1-3H,4H2;1-3H3;1H3;. The van der Waals surface area contributed by atoms with Crippen molar-refractivity contribution in [2.24, 2.45) is 0 Å². The molecule has 2 aliphatic rings. The molecule has 0 saturated carbocycles. The van der Waals surface area contributed by atoms with Gasteiger partial charge in [-0.05, 0) is 0 Å². The number of rotatable bonds is 3. The van der Waals surface area contributed by atoms with Crippen LogP contribution in [0.4, 0.5) is 0 Å². The summed E-state index contributed by atoms with van der Waals surface area (Å²) in [4.78, 5) is 0. The Bertz CT molecular complexity index is 375. The van der Waals surface area contributed by atoms with Crippen LogP contribution in [-0.2, 0) is 19.1 Å². The molecule has 0 aliphatic heterocycles. The number of hydrogen-bond donors (Lipinski definition) is 0. The van der Waals surface area contributed by atoms with Gasteiger partial charge in [0.1, 0.15) is 0 Å². The van der Waals surface area contributed by atoms with Crippen molar-refractivity contribution in [3.8, 4) is 0 Å². The zero-order valence-corrected chi connectivity index (χ0v) is 15.5. The SMILES string of the molecule is C[Si](C)(C)[Hf]([CH3])([C]1=CC=CC1)[C]1=CC=CC1. The first kappa shape index (κ1) is 12.5. The molecule has 0 atom stereocenters. The van der Waals surface area contributed by atoms with Crippen molar-refractivity contribution in [1.29, 1.82) is 0 Å². The van der Waals surface area contributed by atoms with Crippen LogP contribution in [0.2, 0.25) is 24.3 Å². The molecule has 0 amide bonds. The molecule has 0 N–H and O–H groups in total. The summed E-state index contributed by atoms with van der Waals surface area (Å²) in [5.74, 6) is 0. The first-order valence-corrected chi connectivity index (χ1v) is 22.3. The van der Waals surface area contributed by atoms with Gasteiger partial charge < -0.3 is 0 Å². The Kier molecular flexibility index (Phi) is 3.42. The van der Waals surface area contributed by atoms with Crippen LogP contribution < -0.4 is 0 Å². The van der Waals surface area contributed by atoms with Gasteiger partial charge in [0.05, 0.1) is 0 Å². The molecule has 2 heteroatoms. The van der Waals surface area contributed by atoms with Crippen molar-refractivity contribution < 1.29 is 19.1 Å². The van der Waals surface area contributed by atoms with E-state index in [9.17, 15) is 0 Å². The summed E-state index contributed by atoms with van der Waals surface area (Å²) in [6.07, 6.45) is 16.6. The second-order valence-electron chi connectivity index (χ2n) is 6.02. The Balaban J connectivity index is 2.41. The van der Waals surface area contributed by atoms with Crippen LogP contribution in [0.3, 0.4) is 0 Å². The fourth-order valence-electron chi connectivity index (χ4n) is 2.81. The Morgan fingerprint density at radius 3 is 1.62 bits per heavy atom. The second kappa shape index (κ2) is 4.38. The van der Waals surface area contributed by atoms with Crippen molar-refractivity contribution in [3.63, 3.8) is 0 Å². The fraction of sp³-hybridized carbons (Fsp3) is 0.429. The topological polar surface area (TPSA) is 0 Å². The van der Waals surface area contributed by atoms with Gasteiger partial charge in [-0.25, -0.2) is 0 Å². The molecule has 16 heavy (non-hydrogen) atoms. The maximum atomic E-state index is 2.69. The first-order valence-electron chi connectivity index (χ1n) is 6.18. The summed E-state index contributed by atoms with van der Waals surface area (Å²) in [7, 11) is 0. The second-order valence-corrected chi connectivity index (χ2v) is 47.6. The van der Waals surface area contributed by atoms with Crippen molar-refractivity contribution in [3.05, 3.63) is 43.1 Å². The predicted octanol–water partition coefficient (Wildman–Crippen LogP) is 4.71. The van der Waals surface area contributed by atoms with Gasteiger partial charge >= 0.3 is 105 Å². The summed E-state index contributed by atoms with van der Waals surface area (Å²) in [6, 6.07) is 0. The van der Waals surface area contributed by atoms with Crippen molar-refractivity contribution in [2.75, 3.05) is 0 Å². The zero-order chi connectivity index (χ0) is 11.8. The molecule has 0 nitrogen and oxygen atoms in total. The molecule has 0 heterocycles. The van der Waals surface area contributed by atoms with Crippen LogP contribution in [-0.4, -0.2) is 5.26 Å². The predicted molar refractivity (Wildman–Crippen MR) is 72.9 cm³/mol. The molecular weight excluding hydrogens is 375 g/mol. The van der Waals surface area contributed by atoms with E-state index < -0.39 is 24.4 Å². The molecule has 0 radical (unpaired) electrons. The Hall–Kier alpha value is 0.0470. The molecule has 0 unspecified atom stereocenters. The molecule has 0 aromatic rings. The van der Waals surface area contributed by atoms with Gasteiger partial charge in [0.2, 0.25) is 0 Å². The van der Waals surface area contributed by atoms with Gasteiger partial charge in [0.15, 0.2) is 0 Å². The summed E-state index contributed by atoms with van der Waals surface area (Å²) >= 11 is -2.36. The molecule has 0 fully saturated rings. The van der Waals surface area contributed by atoms with E-state index in [1.54, 1.807) is 0 Å². The quantitative estimate of drug-likeness (QED) is 0.606. The molecule has 86 valence electrons. The van der Waals surface area contributed by atoms with Crippen molar-refractivity contribution >= 4 is 5.26 Å². The molecule has 0 bridgehead atoms. The van der Waals surface area contributed by atoms with Crippen LogP contribution in [0.5, 0.6) is 0 Å². The minimum atomic E-state index is -2.36. The fourth-order valence-corrected chi connectivity index (χ4v) is 36.9. The number of hydrogen-bond acceptors (Lipinski definition) is 0. The third-order valence-corrected chi connectivity index (χ3v) is 56.8. The molecule has 0 aromatic carbocycles. The molecule has 0 spiro atoms. The van der Waals surface area contributed by atoms with Crippen LogP contribution in [0.1, 0.15) is 12.8 Å². The van der Waals surface area contributed by atoms with Crippen LogP contribution in [0, 0.1) is 0 Å². The summed E-state index contributed by atoms with van der Waals surface area (Å²) in [6.45, 7) is 7.77. The van der Waals surface area contributed by atoms with Gasteiger partial charge in [0, 0.05) is 0 Å². The number of allylic oxidation sites excluding steroid dienone is 8. The van der Waals surface area contributed by atoms with E-state index in [-0.39, 0.29) is 0 Å². The summed E-state index contributed by atoms with van der Waals surface area (Å²) in [5, 5.41) is -1.04. The third kappa shape index (κ3) is 1.95. The normalized spacial score (nSPS) is 20.2. The van der Waals surface area contributed by atoms with Crippen molar-refractivity contribution in [2.45, 2.75) is 37.2 Å². The third-order valence-electron chi connectivity index (χ3n) is 4.33. The van der Waals surface area contributed by atoms with Crippen LogP contribution in [0.25, 0.3) is 0 Å². The van der Waals surface area contributed by atoms with E-state index in [1.807, 2.05) is 6.66 Å². The van der Waals surface area contributed by atoms with Gasteiger partial charge in [-0.1, -0.05) is 0 Å². The van der Waals surface area contributed by atoms with E-state index >= 15 is 0 Å². The minimum absolute atomic E-state index is 1.04. The van der Waals surface area contributed by atoms with Crippen molar-refractivity contribution in [1.82, 2.24) is 0 Å². The van der Waals surface area contributed by atoms with Crippen LogP contribution >= 0.6 is 0 Å². The van der Waals surface area contributed by atoms with Crippen LogP contribution in [0.15, 0.2) is 43.1 Å². The van der Waals surface area contributed by atoms with Gasteiger partial charge in [0.25, 0.3) is 0 Å². The first-order chi connectivity index (χ1) is 7.46. The average Bonchev–Trinajstić information content (AvgIpc) is 2.88. The molecule has 0 aromatic heterocycles. The summed E-state index contributed by atoms with van der Waals surface area (Å²) in [5.41, 5.74) is 0. The maximum absolute atomic E-state index is 2.69. The van der Waals surface area contributed by atoms with Gasteiger partial charge in [-0.2, -0.15) is 0 Å². The van der Waals surface area contributed by atoms with E-state index in [0.29, 0.717) is 0 Å². The summed E-state index contributed by atoms with van der Waals surface area (Å²) < 4.78 is 6.39.